The van der Waals surface area contributed by atoms with Crippen LogP contribution >= 0.6 is 0 Å². The van der Waals surface area contributed by atoms with E-state index in [1.165, 1.54) is 34.9 Å². The molecule has 5 nitrogen and oxygen atoms in total. The molecule has 0 amide bonds. The second-order valence-corrected chi connectivity index (χ2v) is 8.39. The van der Waals surface area contributed by atoms with Gasteiger partial charge in [-0.25, -0.2) is 4.68 Å². The quantitative estimate of drug-likeness (QED) is 0.726. The first kappa shape index (κ1) is 17.7. The second kappa shape index (κ2) is 7.55. The fourth-order valence-corrected chi connectivity index (χ4v) is 4.84. The van der Waals surface area contributed by atoms with Crippen LogP contribution in [0.2, 0.25) is 0 Å². The molecule has 28 heavy (non-hydrogen) atoms. The molecular formula is C23H28N4O. The third-order valence-corrected chi connectivity index (χ3v) is 6.49. The van der Waals surface area contributed by atoms with Gasteiger partial charge in [0.1, 0.15) is 0 Å². The minimum absolute atomic E-state index is 0.0943. The molecule has 2 aromatic heterocycles. The van der Waals surface area contributed by atoms with Crippen LogP contribution in [0, 0.1) is 0 Å². The highest BCUT2D eigenvalue weighted by Gasteiger charge is 2.24. The van der Waals surface area contributed by atoms with E-state index >= 15 is 0 Å². The van der Waals surface area contributed by atoms with E-state index in [4.69, 9.17) is 5.10 Å². The van der Waals surface area contributed by atoms with Gasteiger partial charge in [0.15, 0.2) is 0 Å². The van der Waals surface area contributed by atoms with Gasteiger partial charge in [-0.3, -0.25) is 4.79 Å². The Balaban J connectivity index is 1.20. The average molecular weight is 377 g/mol. The fraction of sp³-hybridized carbons (Fsp3) is 0.478. The van der Waals surface area contributed by atoms with Crippen molar-refractivity contribution in [1.82, 2.24) is 20.1 Å². The number of aromatic nitrogens is 3. The van der Waals surface area contributed by atoms with E-state index < -0.39 is 0 Å². The maximum atomic E-state index is 12.5. The van der Waals surface area contributed by atoms with Crippen LogP contribution in [0.3, 0.4) is 0 Å². The topological polar surface area (TPSA) is 62.7 Å². The zero-order chi connectivity index (χ0) is 18.9. The smallest absolute Gasteiger partial charge is 0.267 e. The first-order valence-electron chi connectivity index (χ1n) is 10.7. The molecule has 0 bridgehead atoms. The van der Waals surface area contributed by atoms with Crippen molar-refractivity contribution in [3.05, 3.63) is 63.7 Å². The second-order valence-electron chi connectivity index (χ2n) is 8.39. The molecule has 1 aromatic carbocycles. The summed E-state index contributed by atoms with van der Waals surface area (Å²) in [5.41, 5.74) is 4.94. The van der Waals surface area contributed by atoms with Crippen molar-refractivity contribution in [2.45, 2.75) is 70.0 Å². The van der Waals surface area contributed by atoms with E-state index in [1.807, 2.05) is 12.3 Å². The molecule has 2 N–H and O–H groups in total. The molecule has 0 spiro atoms. The van der Waals surface area contributed by atoms with Crippen LogP contribution in [-0.2, 0) is 19.4 Å². The summed E-state index contributed by atoms with van der Waals surface area (Å²) in [5.74, 6) is 0. The molecule has 0 atom stereocenters. The SMILES string of the molecule is O=c1cc2c(nn1C1CCC(NCc3ccc4[nH]ccc4c3)CC1)CCCC2. The lowest BCUT2D eigenvalue weighted by Crippen LogP contribution is -2.37. The first-order valence-corrected chi connectivity index (χ1v) is 10.7. The van der Waals surface area contributed by atoms with Crippen molar-refractivity contribution in [3.63, 3.8) is 0 Å². The number of nitrogens with zero attached hydrogens (tertiary/aromatic N) is 2. The van der Waals surface area contributed by atoms with E-state index in [2.05, 4.69) is 34.6 Å². The normalized spacial score (nSPS) is 22.3. The highest BCUT2D eigenvalue weighted by molar-refractivity contribution is 5.79. The number of rotatable bonds is 4. The minimum Gasteiger partial charge on any atom is -0.361 e. The lowest BCUT2D eigenvalue weighted by Gasteiger charge is -2.30. The molecule has 0 unspecified atom stereocenters. The standard InChI is InChI=1S/C23H28N4O/c28-23-14-17-3-1-2-4-22(17)26-27(23)20-8-6-19(7-9-20)25-15-16-5-10-21-18(13-16)11-12-24-21/h5,10-14,19-20,24-25H,1-4,6-9,15H2. The van der Waals surface area contributed by atoms with Crippen molar-refractivity contribution >= 4 is 10.9 Å². The summed E-state index contributed by atoms with van der Waals surface area (Å²) in [7, 11) is 0. The molecule has 146 valence electrons. The maximum absolute atomic E-state index is 12.5. The molecule has 1 saturated carbocycles. The van der Waals surface area contributed by atoms with E-state index in [0.29, 0.717) is 6.04 Å². The van der Waals surface area contributed by atoms with Crippen molar-refractivity contribution in [3.8, 4) is 0 Å². The largest absolute Gasteiger partial charge is 0.361 e. The number of benzene rings is 1. The lowest BCUT2D eigenvalue weighted by molar-refractivity contribution is 0.266. The molecule has 2 aliphatic rings. The Morgan fingerprint density at radius 1 is 1.07 bits per heavy atom. The molecule has 5 heteroatoms. The van der Waals surface area contributed by atoms with Gasteiger partial charge in [0.2, 0.25) is 0 Å². The number of aryl methyl sites for hydroxylation is 2. The van der Waals surface area contributed by atoms with Crippen LogP contribution in [0.15, 0.2) is 41.3 Å². The summed E-state index contributed by atoms with van der Waals surface area (Å²) >= 11 is 0. The van der Waals surface area contributed by atoms with Crippen LogP contribution in [0.4, 0.5) is 0 Å². The van der Waals surface area contributed by atoms with E-state index in [-0.39, 0.29) is 11.6 Å². The third kappa shape index (κ3) is 3.51. The molecule has 0 radical (unpaired) electrons. The van der Waals surface area contributed by atoms with Gasteiger partial charge in [0.05, 0.1) is 11.7 Å². The fourth-order valence-electron chi connectivity index (χ4n) is 4.84. The predicted octanol–water partition coefficient (Wildman–Crippen LogP) is 3.88. The predicted molar refractivity (Wildman–Crippen MR) is 112 cm³/mol. The molecule has 2 aliphatic carbocycles. The van der Waals surface area contributed by atoms with Gasteiger partial charge in [-0.05, 0) is 86.1 Å². The summed E-state index contributed by atoms with van der Waals surface area (Å²) in [6, 6.07) is 11.3. The lowest BCUT2D eigenvalue weighted by atomic mass is 9.90. The summed E-state index contributed by atoms with van der Waals surface area (Å²) in [6.07, 6.45) is 10.7. The summed E-state index contributed by atoms with van der Waals surface area (Å²) in [6.45, 7) is 0.896. The van der Waals surface area contributed by atoms with Crippen LogP contribution in [0.25, 0.3) is 10.9 Å². The number of aromatic amines is 1. The number of hydrogen-bond acceptors (Lipinski definition) is 3. The highest BCUT2D eigenvalue weighted by Crippen LogP contribution is 2.28. The Hall–Kier alpha value is -2.40. The Morgan fingerprint density at radius 2 is 1.93 bits per heavy atom. The van der Waals surface area contributed by atoms with Crippen molar-refractivity contribution in [1.29, 1.82) is 0 Å². The van der Waals surface area contributed by atoms with Gasteiger partial charge < -0.3 is 10.3 Å². The number of H-pyrrole nitrogens is 1. The molecule has 3 aromatic rings. The van der Waals surface area contributed by atoms with E-state index in [9.17, 15) is 4.79 Å². The zero-order valence-electron chi connectivity index (χ0n) is 16.3. The molecule has 2 heterocycles. The van der Waals surface area contributed by atoms with Gasteiger partial charge in [-0.2, -0.15) is 5.10 Å². The number of nitrogens with one attached hydrogen (secondary N) is 2. The van der Waals surface area contributed by atoms with Gasteiger partial charge >= 0.3 is 0 Å². The third-order valence-electron chi connectivity index (χ3n) is 6.49. The number of fused-ring (bicyclic) bond motifs is 2. The average Bonchev–Trinajstić information content (AvgIpc) is 3.20. The monoisotopic (exact) mass is 376 g/mol. The number of hydrogen-bond donors (Lipinski definition) is 2. The molecule has 5 rings (SSSR count). The van der Waals surface area contributed by atoms with Crippen LogP contribution < -0.4 is 10.9 Å². The Morgan fingerprint density at radius 3 is 2.82 bits per heavy atom. The van der Waals surface area contributed by atoms with Crippen LogP contribution in [0.5, 0.6) is 0 Å². The zero-order valence-corrected chi connectivity index (χ0v) is 16.3. The van der Waals surface area contributed by atoms with Gasteiger partial charge in [0, 0.05) is 30.4 Å². The van der Waals surface area contributed by atoms with Crippen molar-refractivity contribution in [2.75, 3.05) is 0 Å². The molecule has 0 saturated heterocycles. The summed E-state index contributed by atoms with van der Waals surface area (Å²) in [5, 5.41) is 9.74. The maximum Gasteiger partial charge on any atom is 0.267 e. The van der Waals surface area contributed by atoms with Crippen molar-refractivity contribution < 1.29 is 0 Å². The Labute approximate surface area is 165 Å². The Kier molecular flexibility index (Phi) is 4.77. The van der Waals surface area contributed by atoms with E-state index in [1.54, 1.807) is 4.68 Å². The Bertz CT molecular complexity index is 1030. The highest BCUT2D eigenvalue weighted by atomic mass is 16.1. The van der Waals surface area contributed by atoms with E-state index in [0.717, 1.165) is 50.8 Å². The molecular weight excluding hydrogens is 348 g/mol. The van der Waals surface area contributed by atoms with Gasteiger partial charge in [0.25, 0.3) is 5.56 Å². The molecule has 1 fully saturated rings. The van der Waals surface area contributed by atoms with Crippen molar-refractivity contribution in [2.24, 2.45) is 0 Å². The van der Waals surface area contributed by atoms with Gasteiger partial charge in [-0.15, -0.1) is 0 Å². The van der Waals surface area contributed by atoms with Gasteiger partial charge in [-0.1, -0.05) is 6.07 Å². The first-order chi connectivity index (χ1) is 13.8. The van der Waals surface area contributed by atoms with Crippen LogP contribution in [-0.4, -0.2) is 20.8 Å². The van der Waals surface area contributed by atoms with Crippen LogP contribution in [0.1, 0.15) is 61.4 Å². The minimum atomic E-state index is 0.0943. The summed E-state index contributed by atoms with van der Waals surface area (Å²) in [4.78, 5) is 15.8. The molecule has 0 aliphatic heterocycles. The summed E-state index contributed by atoms with van der Waals surface area (Å²) < 4.78 is 1.79.